The summed E-state index contributed by atoms with van der Waals surface area (Å²) in [5, 5.41) is 0. The summed E-state index contributed by atoms with van der Waals surface area (Å²) in [6.45, 7) is 0. The van der Waals surface area contributed by atoms with Gasteiger partial charge in [-0.05, 0) is 46.9 Å². The van der Waals surface area contributed by atoms with E-state index in [-0.39, 0.29) is 0 Å². The number of methoxy groups -OCH3 is 1. The van der Waals surface area contributed by atoms with E-state index < -0.39 is 0 Å². The van der Waals surface area contributed by atoms with Gasteiger partial charge in [-0.25, -0.2) is 4.98 Å². The number of hydrogen-bond acceptors (Lipinski definition) is 3. The van der Waals surface area contributed by atoms with Crippen LogP contribution in [0.2, 0.25) is 0 Å². The molecule has 19 heavy (non-hydrogen) atoms. The Balaban J connectivity index is 2.34. The number of nitrogens with zero attached hydrogens (tertiary/aromatic N) is 2. The number of anilines is 1. The molecule has 0 bridgehead atoms. The van der Waals surface area contributed by atoms with E-state index in [2.05, 4.69) is 27.6 Å². The second-order valence-electron chi connectivity index (χ2n) is 4.11. The fourth-order valence-corrected chi connectivity index (χ4v) is 2.72. The van der Waals surface area contributed by atoms with Crippen LogP contribution in [0, 0.1) is 3.57 Å². The summed E-state index contributed by atoms with van der Waals surface area (Å²) in [6, 6.07) is 13.8. The van der Waals surface area contributed by atoms with E-state index in [1.807, 2.05) is 47.0 Å². The van der Waals surface area contributed by atoms with Crippen molar-refractivity contribution in [2.45, 2.75) is 0 Å². The molecular weight excluding hydrogens is 353 g/mol. The Kier molecular flexibility index (Phi) is 3.06. The molecule has 2 aromatic carbocycles. The van der Waals surface area contributed by atoms with Gasteiger partial charge in [0.25, 0.3) is 0 Å². The lowest BCUT2D eigenvalue weighted by Gasteiger charge is -2.09. The van der Waals surface area contributed by atoms with Crippen molar-refractivity contribution in [3.05, 3.63) is 46.0 Å². The van der Waals surface area contributed by atoms with Crippen LogP contribution in [0.4, 0.5) is 5.95 Å². The van der Waals surface area contributed by atoms with Gasteiger partial charge in [0.2, 0.25) is 5.95 Å². The lowest BCUT2D eigenvalue weighted by atomic mass is 10.2. The zero-order valence-electron chi connectivity index (χ0n) is 10.3. The molecule has 0 aliphatic rings. The van der Waals surface area contributed by atoms with E-state index in [9.17, 15) is 0 Å². The normalized spacial score (nSPS) is 10.8. The SMILES string of the molecule is COc1ccc2nc(N)n(-c3ccccc3I)c2c1. The molecule has 0 atom stereocenters. The monoisotopic (exact) mass is 365 g/mol. The molecule has 0 unspecified atom stereocenters. The Morgan fingerprint density at radius 3 is 2.74 bits per heavy atom. The van der Waals surface area contributed by atoms with Crippen LogP contribution < -0.4 is 10.5 Å². The first-order valence-corrected chi connectivity index (χ1v) is 6.85. The highest BCUT2D eigenvalue weighted by atomic mass is 127. The van der Waals surface area contributed by atoms with Gasteiger partial charge >= 0.3 is 0 Å². The number of halogens is 1. The third kappa shape index (κ3) is 2.03. The summed E-state index contributed by atoms with van der Waals surface area (Å²) < 4.78 is 8.33. The fraction of sp³-hybridized carbons (Fsp3) is 0.0714. The summed E-state index contributed by atoms with van der Waals surface area (Å²) in [5.74, 6) is 1.27. The molecule has 2 N–H and O–H groups in total. The molecule has 0 amide bonds. The highest BCUT2D eigenvalue weighted by Crippen LogP contribution is 2.28. The van der Waals surface area contributed by atoms with E-state index in [4.69, 9.17) is 10.5 Å². The van der Waals surface area contributed by atoms with Crippen molar-refractivity contribution in [3.8, 4) is 11.4 Å². The van der Waals surface area contributed by atoms with Crippen molar-refractivity contribution in [1.82, 2.24) is 9.55 Å². The van der Waals surface area contributed by atoms with Crippen molar-refractivity contribution in [3.63, 3.8) is 0 Å². The first-order chi connectivity index (χ1) is 9.20. The van der Waals surface area contributed by atoms with Gasteiger partial charge in [0, 0.05) is 9.64 Å². The second kappa shape index (κ2) is 4.73. The number of aromatic nitrogens is 2. The topological polar surface area (TPSA) is 53.1 Å². The van der Waals surface area contributed by atoms with Crippen LogP contribution in [-0.4, -0.2) is 16.7 Å². The third-order valence-corrected chi connectivity index (χ3v) is 3.89. The number of para-hydroxylation sites is 1. The number of hydrogen-bond donors (Lipinski definition) is 1. The van der Waals surface area contributed by atoms with Gasteiger partial charge in [-0.3, -0.25) is 4.57 Å². The number of fused-ring (bicyclic) bond motifs is 1. The summed E-state index contributed by atoms with van der Waals surface area (Å²) in [7, 11) is 1.65. The highest BCUT2D eigenvalue weighted by Gasteiger charge is 2.12. The zero-order chi connectivity index (χ0) is 13.4. The first-order valence-electron chi connectivity index (χ1n) is 5.77. The van der Waals surface area contributed by atoms with Gasteiger partial charge in [-0.1, -0.05) is 12.1 Å². The van der Waals surface area contributed by atoms with Gasteiger partial charge in [0.1, 0.15) is 5.75 Å². The minimum atomic E-state index is 0.479. The minimum Gasteiger partial charge on any atom is -0.497 e. The zero-order valence-corrected chi connectivity index (χ0v) is 12.5. The quantitative estimate of drug-likeness (QED) is 0.710. The van der Waals surface area contributed by atoms with Crippen LogP contribution in [0.3, 0.4) is 0 Å². The summed E-state index contributed by atoms with van der Waals surface area (Å²) in [5.41, 5.74) is 8.88. The predicted octanol–water partition coefficient (Wildman–Crippen LogP) is 3.22. The number of ether oxygens (including phenoxy) is 1. The van der Waals surface area contributed by atoms with Crippen molar-refractivity contribution in [2.24, 2.45) is 0 Å². The Morgan fingerprint density at radius 2 is 2.00 bits per heavy atom. The van der Waals surface area contributed by atoms with Gasteiger partial charge in [0.15, 0.2) is 0 Å². The van der Waals surface area contributed by atoms with Crippen molar-refractivity contribution in [2.75, 3.05) is 12.8 Å². The van der Waals surface area contributed by atoms with Crippen molar-refractivity contribution >= 4 is 39.6 Å². The van der Waals surface area contributed by atoms with Crippen LogP contribution in [0.25, 0.3) is 16.7 Å². The lowest BCUT2D eigenvalue weighted by molar-refractivity contribution is 0.415. The smallest absolute Gasteiger partial charge is 0.205 e. The molecule has 1 aromatic heterocycles. The minimum absolute atomic E-state index is 0.479. The van der Waals surface area contributed by atoms with E-state index in [1.165, 1.54) is 0 Å². The van der Waals surface area contributed by atoms with Crippen LogP contribution in [0.1, 0.15) is 0 Å². The van der Waals surface area contributed by atoms with Crippen LogP contribution in [0.5, 0.6) is 5.75 Å². The standard InChI is InChI=1S/C14H12IN3O/c1-19-9-6-7-11-13(8-9)18(14(16)17-11)12-5-3-2-4-10(12)15/h2-8H,1H3,(H2,16,17). The molecule has 0 spiro atoms. The van der Waals surface area contributed by atoms with Crippen molar-refractivity contribution in [1.29, 1.82) is 0 Å². The summed E-state index contributed by atoms with van der Waals surface area (Å²) in [6.07, 6.45) is 0. The van der Waals surface area contributed by atoms with E-state index >= 15 is 0 Å². The molecular formula is C14H12IN3O. The molecule has 0 saturated heterocycles. The Bertz CT molecular complexity index is 752. The van der Waals surface area contributed by atoms with Gasteiger partial charge in [-0.2, -0.15) is 0 Å². The van der Waals surface area contributed by atoms with Crippen LogP contribution in [0.15, 0.2) is 42.5 Å². The molecule has 0 aliphatic carbocycles. The first kappa shape index (κ1) is 12.3. The average molecular weight is 365 g/mol. The predicted molar refractivity (Wildman–Crippen MR) is 84.8 cm³/mol. The van der Waals surface area contributed by atoms with Crippen molar-refractivity contribution < 1.29 is 4.74 Å². The molecule has 0 radical (unpaired) electrons. The van der Waals surface area contributed by atoms with Gasteiger partial charge in [-0.15, -0.1) is 0 Å². The van der Waals surface area contributed by atoms with E-state index in [0.717, 1.165) is 26.0 Å². The van der Waals surface area contributed by atoms with E-state index in [1.54, 1.807) is 7.11 Å². The Hall–Kier alpha value is -1.76. The number of benzene rings is 2. The molecule has 4 nitrogen and oxygen atoms in total. The molecule has 1 heterocycles. The fourth-order valence-electron chi connectivity index (χ4n) is 2.09. The average Bonchev–Trinajstić information content (AvgIpc) is 2.74. The van der Waals surface area contributed by atoms with Gasteiger partial charge < -0.3 is 10.5 Å². The maximum Gasteiger partial charge on any atom is 0.205 e. The highest BCUT2D eigenvalue weighted by molar-refractivity contribution is 14.1. The van der Waals surface area contributed by atoms with Crippen LogP contribution >= 0.6 is 22.6 Å². The Morgan fingerprint density at radius 1 is 1.21 bits per heavy atom. The van der Waals surface area contributed by atoms with Gasteiger partial charge in [0.05, 0.1) is 23.8 Å². The molecule has 0 aliphatic heterocycles. The largest absolute Gasteiger partial charge is 0.497 e. The summed E-state index contributed by atoms with van der Waals surface area (Å²) >= 11 is 2.29. The molecule has 3 aromatic rings. The maximum atomic E-state index is 6.05. The second-order valence-corrected chi connectivity index (χ2v) is 5.27. The summed E-state index contributed by atoms with van der Waals surface area (Å²) in [4.78, 5) is 4.39. The number of imidazole rings is 1. The molecule has 3 rings (SSSR count). The third-order valence-electron chi connectivity index (χ3n) is 2.98. The molecule has 0 saturated carbocycles. The van der Waals surface area contributed by atoms with E-state index in [0.29, 0.717) is 5.95 Å². The maximum absolute atomic E-state index is 6.05. The molecule has 96 valence electrons. The molecule has 5 heteroatoms. The lowest BCUT2D eigenvalue weighted by Crippen LogP contribution is -2.02. The number of nitrogen functional groups attached to an aromatic ring is 1. The molecule has 0 fully saturated rings. The van der Waals surface area contributed by atoms with Crippen LogP contribution in [-0.2, 0) is 0 Å². The Labute approximate surface area is 124 Å². The number of nitrogens with two attached hydrogens (primary N) is 1. The number of rotatable bonds is 2.